The lowest BCUT2D eigenvalue weighted by atomic mass is 10.1. The van der Waals surface area contributed by atoms with E-state index in [2.05, 4.69) is 27.1 Å². The van der Waals surface area contributed by atoms with Gasteiger partial charge in [0.25, 0.3) is 0 Å². The molecule has 96 valence electrons. The summed E-state index contributed by atoms with van der Waals surface area (Å²) in [6.07, 6.45) is 5.59. The van der Waals surface area contributed by atoms with Gasteiger partial charge in [0.2, 0.25) is 0 Å². The van der Waals surface area contributed by atoms with Crippen LogP contribution in [0.15, 0.2) is 64.8 Å². The number of aliphatic imine (C=N–C) groups is 2. The zero-order chi connectivity index (χ0) is 13.3. The van der Waals surface area contributed by atoms with Gasteiger partial charge in [-0.1, -0.05) is 30.3 Å². The molecule has 4 heteroatoms. The lowest BCUT2D eigenvalue weighted by Gasteiger charge is -2.01. The predicted octanol–water partition coefficient (Wildman–Crippen LogP) is 2.06. The van der Waals surface area contributed by atoms with Crippen molar-refractivity contribution in [3.05, 3.63) is 66.0 Å². The second kappa shape index (κ2) is 7.06. The lowest BCUT2D eigenvalue weighted by Crippen LogP contribution is -2.03. The first-order chi connectivity index (χ1) is 9.40. The third-order valence-corrected chi connectivity index (χ3v) is 2.62. The lowest BCUT2D eigenvalue weighted by molar-refractivity contribution is 0.965. The van der Waals surface area contributed by atoms with Crippen molar-refractivity contribution in [3.63, 3.8) is 0 Å². The van der Waals surface area contributed by atoms with Gasteiger partial charge in [0.15, 0.2) is 5.84 Å². The van der Waals surface area contributed by atoms with Crippen LogP contribution in [-0.2, 0) is 6.42 Å². The maximum Gasteiger partial charge on any atom is 0.157 e. The Morgan fingerprint density at radius 1 is 1.16 bits per heavy atom. The molecule has 0 amide bonds. The van der Waals surface area contributed by atoms with E-state index >= 15 is 0 Å². The first-order valence-electron chi connectivity index (χ1n) is 6.13. The Balaban J connectivity index is 2.06. The number of amidine groups is 1. The van der Waals surface area contributed by atoms with Crippen LogP contribution in [-0.4, -0.2) is 23.7 Å². The molecule has 0 atom stereocenters. The van der Waals surface area contributed by atoms with Gasteiger partial charge in [0.1, 0.15) is 0 Å². The molecule has 1 aromatic heterocycles. The molecule has 2 rings (SSSR count). The van der Waals surface area contributed by atoms with Crippen molar-refractivity contribution in [1.82, 2.24) is 4.98 Å². The van der Waals surface area contributed by atoms with E-state index in [1.54, 1.807) is 12.4 Å². The monoisotopic (exact) mass is 252 g/mol. The first-order valence-corrected chi connectivity index (χ1v) is 6.13. The fourth-order valence-corrected chi connectivity index (χ4v) is 1.71. The maximum atomic E-state index is 5.36. The van der Waals surface area contributed by atoms with Crippen molar-refractivity contribution in [1.29, 1.82) is 0 Å². The number of hydrogen-bond acceptors (Lipinski definition) is 2. The van der Waals surface area contributed by atoms with E-state index in [9.17, 15) is 0 Å². The smallest absolute Gasteiger partial charge is 0.157 e. The summed E-state index contributed by atoms with van der Waals surface area (Å²) in [4.78, 5) is 12.6. The Hall–Kier alpha value is -2.49. The van der Waals surface area contributed by atoms with E-state index in [4.69, 9.17) is 5.73 Å². The van der Waals surface area contributed by atoms with Crippen molar-refractivity contribution < 1.29 is 0 Å². The normalized spacial score (nSPS) is 11.9. The highest BCUT2D eigenvalue weighted by molar-refractivity contribution is 6.02. The number of pyridine rings is 1. The molecule has 2 N–H and O–H groups in total. The van der Waals surface area contributed by atoms with Crippen molar-refractivity contribution in [3.8, 4) is 0 Å². The number of benzene rings is 1. The van der Waals surface area contributed by atoms with Crippen LogP contribution in [0.25, 0.3) is 0 Å². The Kier molecular flexibility index (Phi) is 4.81. The van der Waals surface area contributed by atoms with E-state index in [0.29, 0.717) is 12.4 Å². The standard InChI is InChI=1S/C15H16N4/c16-12-19-15(14-7-4-9-17-11-14)18-10-8-13-5-2-1-3-6-13/h1-7,9,11-12H,8,10H2,(H2,16,18,19). The Bertz CT molecular complexity index is 547. The zero-order valence-corrected chi connectivity index (χ0v) is 10.6. The summed E-state index contributed by atoms with van der Waals surface area (Å²) in [6.45, 7) is 0.672. The summed E-state index contributed by atoms with van der Waals surface area (Å²) in [5.41, 5.74) is 7.49. The fraction of sp³-hybridized carbons (Fsp3) is 0.133. The fourth-order valence-electron chi connectivity index (χ4n) is 1.71. The summed E-state index contributed by atoms with van der Waals surface area (Å²) in [5.74, 6) is 0.617. The van der Waals surface area contributed by atoms with E-state index in [-0.39, 0.29) is 0 Å². The molecule has 0 spiro atoms. The SMILES string of the molecule is NC=NC(=NCCc1ccccc1)c1cccnc1. The molecule has 0 saturated carbocycles. The van der Waals surface area contributed by atoms with Crippen molar-refractivity contribution in [2.24, 2.45) is 15.7 Å². The molecule has 0 aliphatic heterocycles. The second-order valence-corrected chi connectivity index (χ2v) is 3.96. The van der Waals surface area contributed by atoms with Crippen LogP contribution in [0.5, 0.6) is 0 Å². The first kappa shape index (κ1) is 13.0. The number of nitrogens with zero attached hydrogens (tertiary/aromatic N) is 3. The second-order valence-electron chi connectivity index (χ2n) is 3.96. The maximum absolute atomic E-state index is 5.36. The highest BCUT2D eigenvalue weighted by atomic mass is 14.9. The minimum Gasteiger partial charge on any atom is -0.390 e. The van der Waals surface area contributed by atoms with E-state index in [1.165, 1.54) is 11.9 Å². The summed E-state index contributed by atoms with van der Waals surface area (Å²) < 4.78 is 0. The Morgan fingerprint density at radius 3 is 2.68 bits per heavy atom. The molecular weight excluding hydrogens is 236 g/mol. The van der Waals surface area contributed by atoms with Gasteiger partial charge in [-0.15, -0.1) is 0 Å². The number of aromatic nitrogens is 1. The highest BCUT2D eigenvalue weighted by Crippen LogP contribution is 2.03. The molecular formula is C15H16N4. The minimum atomic E-state index is 0.617. The molecule has 2 aromatic rings. The highest BCUT2D eigenvalue weighted by Gasteiger charge is 2.00. The van der Waals surface area contributed by atoms with Crippen molar-refractivity contribution in [2.45, 2.75) is 6.42 Å². The third kappa shape index (κ3) is 4.03. The topological polar surface area (TPSA) is 63.6 Å². The van der Waals surface area contributed by atoms with Gasteiger partial charge in [-0.05, 0) is 24.1 Å². The van der Waals surface area contributed by atoms with E-state index in [0.717, 1.165) is 12.0 Å². The molecule has 0 aliphatic rings. The quantitative estimate of drug-likeness (QED) is 0.668. The summed E-state index contributed by atoms with van der Waals surface area (Å²) in [6, 6.07) is 14.0. The van der Waals surface area contributed by atoms with Gasteiger partial charge in [0.05, 0.1) is 6.34 Å². The molecule has 0 unspecified atom stereocenters. The molecule has 0 aliphatic carbocycles. The van der Waals surface area contributed by atoms with Crippen LogP contribution >= 0.6 is 0 Å². The molecule has 0 radical (unpaired) electrons. The van der Waals surface area contributed by atoms with Gasteiger partial charge in [0, 0.05) is 24.5 Å². The molecule has 19 heavy (non-hydrogen) atoms. The number of rotatable bonds is 4. The Morgan fingerprint density at radius 2 is 2.00 bits per heavy atom. The van der Waals surface area contributed by atoms with Crippen molar-refractivity contribution >= 4 is 12.2 Å². The van der Waals surface area contributed by atoms with Crippen LogP contribution < -0.4 is 5.73 Å². The van der Waals surface area contributed by atoms with E-state index in [1.807, 2.05) is 30.3 Å². The van der Waals surface area contributed by atoms with Gasteiger partial charge in [-0.25, -0.2) is 4.99 Å². The Labute approximate surface area is 112 Å². The number of nitrogens with two attached hydrogens (primary N) is 1. The van der Waals surface area contributed by atoms with Gasteiger partial charge < -0.3 is 5.73 Å². The zero-order valence-electron chi connectivity index (χ0n) is 10.6. The van der Waals surface area contributed by atoms with Crippen LogP contribution in [0.3, 0.4) is 0 Å². The largest absolute Gasteiger partial charge is 0.390 e. The molecule has 0 fully saturated rings. The van der Waals surface area contributed by atoms with Crippen LogP contribution in [0.1, 0.15) is 11.1 Å². The summed E-state index contributed by atoms with van der Waals surface area (Å²) in [5, 5.41) is 0. The minimum absolute atomic E-state index is 0.617. The van der Waals surface area contributed by atoms with Gasteiger partial charge in [-0.2, -0.15) is 0 Å². The number of hydrogen-bond donors (Lipinski definition) is 1. The van der Waals surface area contributed by atoms with Crippen LogP contribution in [0.2, 0.25) is 0 Å². The summed E-state index contributed by atoms with van der Waals surface area (Å²) >= 11 is 0. The molecule has 1 heterocycles. The molecule has 0 bridgehead atoms. The third-order valence-electron chi connectivity index (χ3n) is 2.62. The molecule has 1 aromatic carbocycles. The average molecular weight is 252 g/mol. The average Bonchev–Trinajstić information content (AvgIpc) is 2.48. The predicted molar refractivity (Wildman–Crippen MR) is 78.5 cm³/mol. The van der Waals surface area contributed by atoms with Crippen LogP contribution in [0, 0.1) is 0 Å². The van der Waals surface area contributed by atoms with Gasteiger partial charge in [-0.3, -0.25) is 9.98 Å². The van der Waals surface area contributed by atoms with Crippen molar-refractivity contribution in [2.75, 3.05) is 6.54 Å². The summed E-state index contributed by atoms with van der Waals surface area (Å²) in [7, 11) is 0. The van der Waals surface area contributed by atoms with Gasteiger partial charge >= 0.3 is 0 Å². The molecule has 4 nitrogen and oxygen atoms in total. The molecule has 0 saturated heterocycles. The van der Waals surface area contributed by atoms with E-state index < -0.39 is 0 Å². The van der Waals surface area contributed by atoms with Crippen LogP contribution in [0.4, 0.5) is 0 Å².